The molecule has 6 nitrogen and oxygen atoms in total. The average molecular weight is 421 g/mol. The zero-order valence-electron chi connectivity index (χ0n) is 16.2. The molecule has 0 amide bonds. The van der Waals surface area contributed by atoms with Gasteiger partial charge in [-0.3, -0.25) is 9.78 Å². The summed E-state index contributed by atoms with van der Waals surface area (Å²) >= 11 is 0. The molecule has 1 atom stereocenters. The molecular formula is C23H17F2N3O3. The van der Waals surface area contributed by atoms with E-state index in [0.29, 0.717) is 22.6 Å². The molecular weight excluding hydrogens is 404 g/mol. The third-order valence-corrected chi connectivity index (χ3v) is 4.47. The third kappa shape index (κ3) is 5.16. The summed E-state index contributed by atoms with van der Waals surface area (Å²) in [4.78, 5) is 20.9. The number of halogens is 2. The van der Waals surface area contributed by atoms with E-state index >= 15 is 0 Å². The SMILES string of the molecule is O=C(CCc1nc(-c2ccc(F)cc2)no1)OC(c1cccc(F)c1)c1ccccn1. The van der Waals surface area contributed by atoms with Crippen LogP contribution in [0.25, 0.3) is 11.4 Å². The van der Waals surface area contributed by atoms with Crippen LogP contribution in [-0.2, 0) is 16.0 Å². The van der Waals surface area contributed by atoms with Crippen LogP contribution in [0.1, 0.15) is 29.7 Å². The van der Waals surface area contributed by atoms with Crippen molar-refractivity contribution in [1.82, 2.24) is 15.1 Å². The van der Waals surface area contributed by atoms with Crippen molar-refractivity contribution in [3.8, 4) is 11.4 Å². The molecule has 4 aromatic rings. The van der Waals surface area contributed by atoms with Crippen molar-refractivity contribution in [3.63, 3.8) is 0 Å². The fraction of sp³-hybridized carbons (Fsp3) is 0.130. The van der Waals surface area contributed by atoms with E-state index in [1.54, 1.807) is 36.5 Å². The number of carbonyl (C=O) groups is 1. The molecule has 2 heterocycles. The lowest BCUT2D eigenvalue weighted by Crippen LogP contribution is -2.14. The van der Waals surface area contributed by atoms with Gasteiger partial charge in [-0.05, 0) is 48.5 Å². The molecule has 156 valence electrons. The van der Waals surface area contributed by atoms with Crippen LogP contribution in [0.3, 0.4) is 0 Å². The highest BCUT2D eigenvalue weighted by molar-refractivity contribution is 5.70. The van der Waals surface area contributed by atoms with Crippen molar-refractivity contribution in [2.45, 2.75) is 18.9 Å². The van der Waals surface area contributed by atoms with Crippen LogP contribution >= 0.6 is 0 Å². The number of esters is 1. The number of pyridine rings is 1. The normalized spacial score (nSPS) is 11.8. The van der Waals surface area contributed by atoms with E-state index in [0.717, 1.165) is 0 Å². The third-order valence-electron chi connectivity index (χ3n) is 4.47. The van der Waals surface area contributed by atoms with Crippen molar-refractivity contribution in [2.24, 2.45) is 0 Å². The van der Waals surface area contributed by atoms with Gasteiger partial charge in [0.1, 0.15) is 11.6 Å². The largest absolute Gasteiger partial charge is 0.451 e. The minimum atomic E-state index is -0.845. The molecule has 0 saturated heterocycles. The first-order valence-electron chi connectivity index (χ1n) is 9.53. The Kier molecular flexibility index (Phi) is 6.07. The van der Waals surface area contributed by atoms with Crippen LogP contribution in [0.15, 0.2) is 77.4 Å². The molecule has 0 fully saturated rings. The fourth-order valence-corrected chi connectivity index (χ4v) is 2.97. The van der Waals surface area contributed by atoms with Gasteiger partial charge >= 0.3 is 5.97 Å². The summed E-state index contributed by atoms with van der Waals surface area (Å²) in [6, 6.07) is 16.7. The minimum absolute atomic E-state index is 0.0241. The van der Waals surface area contributed by atoms with Gasteiger partial charge in [-0.25, -0.2) is 8.78 Å². The summed E-state index contributed by atoms with van der Waals surface area (Å²) < 4.78 is 37.5. The Morgan fingerprint density at radius 1 is 1.00 bits per heavy atom. The Hall–Kier alpha value is -3.94. The number of benzene rings is 2. The molecule has 0 aliphatic heterocycles. The topological polar surface area (TPSA) is 78.1 Å². The maximum Gasteiger partial charge on any atom is 0.307 e. The van der Waals surface area contributed by atoms with Crippen molar-refractivity contribution >= 4 is 5.97 Å². The zero-order valence-corrected chi connectivity index (χ0v) is 16.2. The molecule has 4 rings (SSSR count). The highest BCUT2D eigenvalue weighted by Gasteiger charge is 2.21. The second-order valence-corrected chi connectivity index (χ2v) is 6.70. The smallest absolute Gasteiger partial charge is 0.307 e. The number of ether oxygens (including phenoxy) is 1. The van der Waals surface area contributed by atoms with Gasteiger partial charge in [-0.15, -0.1) is 0 Å². The van der Waals surface area contributed by atoms with Crippen LogP contribution in [0.2, 0.25) is 0 Å². The monoisotopic (exact) mass is 421 g/mol. The molecule has 0 aliphatic rings. The summed E-state index contributed by atoms with van der Waals surface area (Å²) in [7, 11) is 0. The summed E-state index contributed by atoms with van der Waals surface area (Å²) in [5.74, 6) is -0.781. The number of nitrogens with zero attached hydrogens (tertiary/aromatic N) is 3. The van der Waals surface area contributed by atoms with Crippen molar-refractivity contribution in [2.75, 3.05) is 0 Å². The van der Waals surface area contributed by atoms with E-state index in [1.807, 2.05) is 0 Å². The average Bonchev–Trinajstić information content (AvgIpc) is 3.26. The first-order chi connectivity index (χ1) is 15.1. The van der Waals surface area contributed by atoms with Gasteiger partial charge in [0, 0.05) is 23.7 Å². The minimum Gasteiger partial charge on any atom is -0.451 e. The van der Waals surface area contributed by atoms with Gasteiger partial charge in [0.25, 0.3) is 0 Å². The van der Waals surface area contributed by atoms with Crippen LogP contribution in [0, 0.1) is 11.6 Å². The standard InChI is InChI=1S/C23H17F2N3O3/c24-17-9-7-15(8-10-17)23-27-20(31-28-23)11-12-21(29)30-22(19-6-1-2-13-26-19)16-4-3-5-18(25)14-16/h1-10,13-14,22H,11-12H2. The van der Waals surface area contributed by atoms with Gasteiger partial charge < -0.3 is 9.26 Å². The Bertz CT molecular complexity index is 1160. The van der Waals surface area contributed by atoms with Gasteiger partial charge in [-0.1, -0.05) is 23.4 Å². The first kappa shape index (κ1) is 20.3. The highest BCUT2D eigenvalue weighted by Crippen LogP contribution is 2.26. The Morgan fingerprint density at radius 3 is 2.58 bits per heavy atom. The number of aryl methyl sites for hydroxylation is 1. The van der Waals surface area contributed by atoms with E-state index in [2.05, 4.69) is 15.1 Å². The molecule has 1 unspecified atom stereocenters. The Labute approximate surface area is 176 Å². The van der Waals surface area contributed by atoms with Gasteiger partial charge in [-0.2, -0.15) is 4.98 Å². The molecule has 2 aromatic heterocycles. The number of rotatable bonds is 7. The summed E-state index contributed by atoms with van der Waals surface area (Å²) in [5.41, 5.74) is 1.56. The molecule has 0 aliphatic carbocycles. The Morgan fingerprint density at radius 2 is 1.84 bits per heavy atom. The van der Waals surface area contributed by atoms with Crippen molar-refractivity contribution < 1.29 is 22.8 Å². The van der Waals surface area contributed by atoms with Crippen LogP contribution in [-0.4, -0.2) is 21.1 Å². The second-order valence-electron chi connectivity index (χ2n) is 6.70. The van der Waals surface area contributed by atoms with E-state index in [9.17, 15) is 13.6 Å². The lowest BCUT2D eigenvalue weighted by molar-refractivity contribution is -0.147. The highest BCUT2D eigenvalue weighted by atomic mass is 19.1. The zero-order chi connectivity index (χ0) is 21.6. The van der Waals surface area contributed by atoms with Gasteiger partial charge in [0.2, 0.25) is 11.7 Å². The van der Waals surface area contributed by atoms with E-state index < -0.39 is 17.9 Å². The van der Waals surface area contributed by atoms with Gasteiger partial charge in [0.15, 0.2) is 6.10 Å². The maximum atomic E-state index is 13.7. The molecule has 0 bridgehead atoms. The predicted octanol–water partition coefficient (Wildman–Crippen LogP) is 4.68. The molecule has 0 N–H and O–H groups in total. The number of hydrogen-bond donors (Lipinski definition) is 0. The maximum absolute atomic E-state index is 13.7. The second kappa shape index (κ2) is 9.25. The fourth-order valence-electron chi connectivity index (χ4n) is 2.97. The lowest BCUT2D eigenvalue weighted by atomic mass is 10.1. The summed E-state index contributed by atoms with van der Waals surface area (Å²) in [5, 5.41) is 3.85. The molecule has 2 aromatic carbocycles. The predicted molar refractivity (Wildman–Crippen MR) is 107 cm³/mol. The lowest BCUT2D eigenvalue weighted by Gasteiger charge is -2.18. The van der Waals surface area contributed by atoms with Crippen molar-refractivity contribution in [3.05, 3.63) is 102 Å². The quantitative estimate of drug-likeness (QED) is 0.404. The van der Waals surface area contributed by atoms with Crippen LogP contribution < -0.4 is 0 Å². The van der Waals surface area contributed by atoms with Crippen LogP contribution in [0.4, 0.5) is 8.78 Å². The number of hydrogen-bond acceptors (Lipinski definition) is 6. The number of aromatic nitrogens is 3. The molecule has 8 heteroatoms. The molecule has 31 heavy (non-hydrogen) atoms. The van der Waals surface area contributed by atoms with E-state index in [4.69, 9.17) is 9.26 Å². The van der Waals surface area contributed by atoms with Crippen LogP contribution in [0.5, 0.6) is 0 Å². The number of carbonyl (C=O) groups excluding carboxylic acids is 1. The van der Waals surface area contributed by atoms with E-state index in [-0.39, 0.29) is 24.5 Å². The molecule has 0 radical (unpaired) electrons. The summed E-state index contributed by atoms with van der Waals surface area (Å²) in [6.07, 6.45) is 0.863. The Balaban J connectivity index is 1.43. The first-order valence-corrected chi connectivity index (χ1v) is 9.53. The summed E-state index contributed by atoms with van der Waals surface area (Å²) in [6.45, 7) is 0. The molecule has 0 saturated carbocycles. The van der Waals surface area contributed by atoms with Crippen molar-refractivity contribution in [1.29, 1.82) is 0 Å². The van der Waals surface area contributed by atoms with Gasteiger partial charge in [0.05, 0.1) is 12.1 Å². The molecule has 0 spiro atoms. The van der Waals surface area contributed by atoms with E-state index in [1.165, 1.54) is 36.4 Å².